The lowest BCUT2D eigenvalue weighted by molar-refractivity contribution is 0.265. The Bertz CT molecular complexity index is 982. The molecule has 2 aliphatic rings. The van der Waals surface area contributed by atoms with Crippen molar-refractivity contribution < 1.29 is 18.3 Å². The van der Waals surface area contributed by atoms with Crippen LogP contribution >= 0.6 is 0 Å². The van der Waals surface area contributed by atoms with E-state index in [1.54, 1.807) is 13.0 Å². The number of benzene rings is 1. The molecule has 29 heavy (non-hydrogen) atoms. The van der Waals surface area contributed by atoms with Crippen molar-refractivity contribution >= 4 is 10.0 Å². The molecule has 0 saturated heterocycles. The minimum Gasteiger partial charge on any atom is -0.508 e. The van der Waals surface area contributed by atoms with E-state index in [2.05, 4.69) is 36.1 Å². The van der Waals surface area contributed by atoms with Crippen LogP contribution in [0.25, 0.3) is 0 Å². The van der Waals surface area contributed by atoms with E-state index in [1.165, 1.54) is 5.57 Å². The summed E-state index contributed by atoms with van der Waals surface area (Å²) >= 11 is 0. The molecule has 1 aliphatic heterocycles. The molecule has 0 bridgehead atoms. The molecule has 0 radical (unpaired) electrons. The van der Waals surface area contributed by atoms with Crippen LogP contribution < -0.4 is 9.46 Å². The number of rotatable bonds is 6. The highest BCUT2D eigenvalue weighted by Gasteiger charge is 2.37. The largest absolute Gasteiger partial charge is 0.508 e. The molecule has 0 fully saturated rings. The molecule has 0 spiro atoms. The van der Waals surface area contributed by atoms with Crippen LogP contribution in [0.1, 0.15) is 56.6 Å². The van der Waals surface area contributed by atoms with Gasteiger partial charge in [0.25, 0.3) is 0 Å². The van der Waals surface area contributed by atoms with Crippen molar-refractivity contribution in [2.24, 2.45) is 5.92 Å². The van der Waals surface area contributed by atoms with Gasteiger partial charge in [-0.3, -0.25) is 0 Å². The maximum absolute atomic E-state index is 11.4. The SMILES string of the molecule is C=C1Oc2cc(CC#CCCCNS(=O)(=O)CC)cc(O)c2C2CC(C)=CCC12. The van der Waals surface area contributed by atoms with Gasteiger partial charge in [0, 0.05) is 36.8 Å². The summed E-state index contributed by atoms with van der Waals surface area (Å²) in [5.74, 6) is 8.41. The molecule has 2 atom stereocenters. The fraction of sp³-hybridized carbons (Fsp3) is 0.478. The van der Waals surface area contributed by atoms with E-state index in [0.717, 1.165) is 29.7 Å². The van der Waals surface area contributed by atoms with Crippen molar-refractivity contribution in [3.05, 3.63) is 47.2 Å². The Kier molecular flexibility index (Phi) is 6.71. The first kappa shape index (κ1) is 21.5. The number of allylic oxidation sites excluding steroid dienone is 3. The lowest BCUT2D eigenvalue weighted by Crippen LogP contribution is -2.26. The number of unbranched alkanes of at least 4 members (excludes halogenated alkanes) is 1. The highest BCUT2D eigenvalue weighted by Crippen LogP contribution is 2.51. The van der Waals surface area contributed by atoms with Gasteiger partial charge in [-0.15, -0.1) is 5.92 Å². The summed E-state index contributed by atoms with van der Waals surface area (Å²) in [5.41, 5.74) is 3.12. The molecule has 1 aromatic rings. The van der Waals surface area contributed by atoms with E-state index in [9.17, 15) is 13.5 Å². The third-order valence-electron chi connectivity index (χ3n) is 5.55. The number of sulfonamides is 1. The van der Waals surface area contributed by atoms with Crippen LogP contribution in [0.3, 0.4) is 0 Å². The van der Waals surface area contributed by atoms with Gasteiger partial charge in [-0.1, -0.05) is 24.1 Å². The maximum atomic E-state index is 11.4. The zero-order valence-corrected chi connectivity index (χ0v) is 17.9. The quantitative estimate of drug-likeness (QED) is 0.418. The topological polar surface area (TPSA) is 75.6 Å². The van der Waals surface area contributed by atoms with Gasteiger partial charge in [0.15, 0.2) is 0 Å². The molecule has 0 amide bonds. The minimum atomic E-state index is -3.14. The van der Waals surface area contributed by atoms with Crippen molar-refractivity contribution in [3.8, 4) is 23.3 Å². The molecular formula is C23H29NO4S. The third-order valence-corrected chi connectivity index (χ3v) is 6.96. The highest BCUT2D eigenvalue weighted by atomic mass is 32.2. The molecule has 156 valence electrons. The summed E-state index contributed by atoms with van der Waals surface area (Å²) in [6.07, 6.45) is 5.83. The number of phenols is 1. The first-order valence-electron chi connectivity index (χ1n) is 10.1. The van der Waals surface area contributed by atoms with Crippen molar-refractivity contribution in [3.63, 3.8) is 0 Å². The summed E-state index contributed by atoms with van der Waals surface area (Å²) in [6, 6.07) is 3.74. The summed E-state index contributed by atoms with van der Waals surface area (Å²) in [5, 5.41) is 10.7. The van der Waals surface area contributed by atoms with Gasteiger partial charge in [0.2, 0.25) is 10.0 Å². The van der Waals surface area contributed by atoms with Crippen molar-refractivity contribution in [2.45, 2.75) is 51.9 Å². The zero-order chi connectivity index (χ0) is 21.0. The van der Waals surface area contributed by atoms with Crippen LogP contribution in [0.5, 0.6) is 11.5 Å². The van der Waals surface area contributed by atoms with Crippen LogP contribution in [-0.2, 0) is 16.4 Å². The van der Waals surface area contributed by atoms with E-state index in [4.69, 9.17) is 4.74 Å². The second kappa shape index (κ2) is 9.06. The highest BCUT2D eigenvalue weighted by molar-refractivity contribution is 7.89. The van der Waals surface area contributed by atoms with Gasteiger partial charge in [-0.05, 0) is 50.8 Å². The predicted molar refractivity (Wildman–Crippen MR) is 115 cm³/mol. The number of hydrogen-bond donors (Lipinski definition) is 2. The molecule has 3 rings (SSSR count). The predicted octanol–water partition coefficient (Wildman–Crippen LogP) is 4.00. The van der Waals surface area contributed by atoms with E-state index in [0.29, 0.717) is 31.6 Å². The number of ether oxygens (including phenoxy) is 1. The van der Waals surface area contributed by atoms with Gasteiger partial charge in [0.1, 0.15) is 17.3 Å². The Morgan fingerprint density at radius 1 is 1.31 bits per heavy atom. The second-order valence-corrected chi connectivity index (χ2v) is 9.83. The van der Waals surface area contributed by atoms with Gasteiger partial charge < -0.3 is 9.84 Å². The molecule has 2 unspecified atom stereocenters. The molecular weight excluding hydrogens is 386 g/mol. The van der Waals surface area contributed by atoms with Gasteiger partial charge in [-0.25, -0.2) is 13.1 Å². The zero-order valence-electron chi connectivity index (χ0n) is 17.1. The van der Waals surface area contributed by atoms with Crippen molar-refractivity contribution in [1.82, 2.24) is 4.72 Å². The number of hydrogen-bond acceptors (Lipinski definition) is 4. The van der Waals surface area contributed by atoms with E-state index < -0.39 is 10.0 Å². The Hall–Kier alpha value is -2.23. The second-order valence-electron chi connectivity index (χ2n) is 7.73. The van der Waals surface area contributed by atoms with E-state index >= 15 is 0 Å². The summed E-state index contributed by atoms with van der Waals surface area (Å²) < 4.78 is 31.2. The average Bonchev–Trinajstić information content (AvgIpc) is 2.66. The van der Waals surface area contributed by atoms with Gasteiger partial charge in [-0.2, -0.15) is 0 Å². The fourth-order valence-corrected chi connectivity index (χ4v) is 4.59. The third kappa shape index (κ3) is 5.23. The molecule has 1 aromatic carbocycles. The fourth-order valence-electron chi connectivity index (χ4n) is 3.93. The van der Waals surface area contributed by atoms with Crippen molar-refractivity contribution in [1.29, 1.82) is 0 Å². The Labute approximate surface area is 173 Å². The van der Waals surface area contributed by atoms with E-state index in [-0.39, 0.29) is 23.3 Å². The number of nitrogens with one attached hydrogen (secondary N) is 1. The van der Waals surface area contributed by atoms with Crippen LogP contribution in [0.4, 0.5) is 0 Å². The number of fused-ring (bicyclic) bond motifs is 3. The van der Waals surface area contributed by atoms with E-state index in [1.807, 2.05) is 6.07 Å². The van der Waals surface area contributed by atoms with Gasteiger partial charge in [0.05, 0.1) is 5.75 Å². The molecule has 1 heterocycles. The molecule has 2 N–H and O–H groups in total. The lowest BCUT2D eigenvalue weighted by Gasteiger charge is -2.37. The Morgan fingerprint density at radius 3 is 2.86 bits per heavy atom. The smallest absolute Gasteiger partial charge is 0.211 e. The average molecular weight is 416 g/mol. The van der Waals surface area contributed by atoms with Crippen LogP contribution in [-0.4, -0.2) is 25.8 Å². The van der Waals surface area contributed by atoms with Crippen molar-refractivity contribution in [2.75, 3.05) is 12.3 Å². The Morgan fingerprint density at radius 2 is 2.10 bits per heavy atom. The molecule has 6 heteroatoms. The summed E-state index contributed by atoms with van der Waals surface area (Å²) in [7, 11) is -3.14. The standard InChI is InChI=1S/C23H29NO4S/c1-4-29(26,27)24-12-8-6-5-7-9-18-14-21(25)23-20-13-16(2)10-11-19(20)17(3)28-22(23)15-18/h10,14-15,19-20,24-25H,3-4,6,8-9,11-13H2,1-2H3. The molecule has 5 nitrogen and oxygen atoms in total. The lowest BCUT2D eigenvalue weighted by atomic mass is 9.73. The number of aromatic hydroxyl groups is 1. The minimum absolute atomic E-state index is 0.0897. The summed E-state index contributed by atoms with van der Waals surface area (Å²) in [6.45, 7) is 8.24. The molecule has 1 aliphatic carbocycles. The summed E-state index contributed by atoms with van der Waals surface area (Å²) in [4.78, 5) is 0. The first-order valence-corrected chi connectivity index (χ1v) is 11.8. The van der Waals surface area contributed by atoms with Crippen LogP contribution in [0.2, 0.25) is 0 Å². The van der Waals surface area contributed by atoms with Crippen LogP contribution in [0.15, 0.2) is 36.1 Å². The molecule has 0 saturated carbocycles. The maximum Gasteiger partial charge on any atom is 0.211 e. The van der Waals surface area contributed by atoms with Crippen LogP contribution in [0, 0.1) is 17.8 Å². The first-order chi connectivity index (χ1) is 13.8. The molecule has 0 aromatic heterocycles. The Balaban J connectivity index is 1.63. The normalized spacial score (nSPS) is 20.6. The monoisotopic (exact) mass is 415 g/mol. The number of phenolic OH excluding ortho intramolecular Hbond substituents is 1. The van der Waals surface area contributed by atoms with Gasteiger partial charge >= 0.3 is 0 Å².